The van der Waals surface area contributed by atoms with Gasteiger partial charge in [0.25, 0.3) is 0 Å². The number of esters is 1. The summed E-state index contributed by atoms with van der Waals surface area (Å²) in [7, 11) is 0. The number of carbonyl (C=O) groups is 1. The molecule has 0 saturated heterocycles. The van der Waals surface area contributed by atoms with Crippen molar-refractivity contribution in [3.63, 3.8) is 0 Å². The maximum atomic E-state index is 12.2. The fourth-order valence-electron chi connectivity index (χ4n) is 3.17. The highest BCUT2D eigenvalue weighted by Gasteiger charge is 2.17. The Labute approximate surface area is 148 Å². The standard InChI is InChI=1S/C19H14ClNO4/c20-18-14(5-2-6-21-18)19(23)24-10-13-9-17(22)25-16-8-12-4-1-3-11(12)7-15(13)16/h2,5-9H,1,3-4,10H2. The van der Waals surface area contributed by atoms with E-state index in [1.54, 1.807) is 12.1 Å². The van der Waals surface area contributed by atoms with E-state index in [1.807, 2.05) is 12.1 Å². The Morgan fingerprint density at radius 2 is 2.04 bits per heavy atom. The van der Waals surface area contributed by atoms with Crippen molar-refractivity contribution in [1.82, 2.24) is 4.98 Å². The number of carbonyl (C=O) groups excluding carboxylic acids is 1. The minimum Gasteiger partial charge on any atom is -0.457 e. The van der Waals surface area contributed by atoms with Crippen LogP contribution in [-0.4, -0.2) is 11.0 Å². The molecule has 5 nitrogen and oxygen atoms in total. The molecule has 126 valence electrons. The number of hydrogen-bond acceptors (Lipinski definition) is 5. The molecule has 0 aliphatic heterocycles. The number of nitrogens with zero attached hydrogens (tertiary/aromatic N) is 1. The molecule has 1 aliphatic rings. The second-order valence-electron chi connectivity index (χ2n) is 5.98. The topological polar surface area (TPSA) is 69.4 Å². The first kappa shape index (κ1) is 15.8. The fraction of sp³-hybridized carbons (Fsp3) is 0.211. The van der Waals surface area contributed by atoms with Gasteiger partial charge in [0.15, 0.2) is 0 Å². The van der Waals surface area contributed by atoms with Crippen molar-refractivity contribution in [1.29, 1.82) is 0 Å². The van der Waals surface area contributed by atoms with Crippen LogP contribution in [0.3, 0.4) is 0 Å². The van der Waals surface area contributed by atoms with Crippen molar-refractivity contribution in [2.45, 2.75) is 25.9 Å². The lowest BCUT2D eigenvalue weighted by molar-refractivity contribution is 0.0473. The van der Waals surface area contributed by atoms with E-state index in [-0.39, 0.29) is 17.3 Å². The van der Waals surface area contributed by atoms with E-state index in [9.17, 15) is 9.59 Å². The van der Waals surface area contributed by atoms with Crippen LogP contribution in [0.5, 0.6) is 0 Å². The molecule has 2 aromatic heterocycles. The molecule has 1 aromatic carbocycles. The number of aromatic nitrogens is 1. The van der Waals surface area contributed by atoms with Crippen LogP contribution in [0, 0.1) is 0 Å². The third-order valence-electron chi connectivity index (χ3n) is 4.38. The molecule has 25 heavy (non-hydrogen) atoms. The van der Waals surface area contributed by atoms with E-state index in [0.29, 0.717) is 11.1 Å². The van der Waals surface area contributed by atoms with Gasteiger partial charge in [0.1, 0.15) is 17.3 Å². The number of fused-ring (bicyclic) bond motifs is 2. The van der Waals surface area contributed by atoms with Gasteiger partial charge in [0, 0.05) is 23.2 Å². The summed E-state index contributed by atoms with van der Waals surface area (Å²) in [4.78, 5) is 27.9. The summed E-state index contributed by atoms with van der Waals surface area (Å²) in [6.45, 7) is -0.0368. The zero-order valence-electron chi connectivity index (χ0n) is 13.3. The monoisotopic (exact) mass is 355 g/mol. The normalized spacial score (nSPS) is 13.0. The second kappa shape index (κ2) is 6.33. The van der Waals surface area contributed by atoms with Crippen molar-refractivity contribution >= 4 is 28.5 Å². The van der Waals surface area contributed by atoms with Gasteiger partial charge in [-0.15, -0.1) is 0 Å². The molecule has 0 N–H and O–H groups in total. The zero-order valence-corrected chi connectivity index (χ0v) is 14.0. The van der Waals surface area contributed by atoms with Crippen molar-refractivity contribution in [3.05, 3.63) is 74.4 Å². The number of benzene rings is 1. The summed E-state index contributed by atoms with van der Waals surface area (Å²) in [5.41, 5.74) is 3.34. The number of hydrogen-bond donors (Lipinski definition) is 0. The first-order valence-electron chi connectivity index (χ1n) is 7.98. The maximum Gasteiger partial charge on any atom is 0.341 e. The molecule has 0 radical (unpaired) electrons. The second-order valence-corrected chi connectivity index (χ2v) is 6.34. The first-order chi connectivity index (χ1) is 12.1. The van der Waals surface area contributed by atoms with Crippen LogP contribution in [0.2, 0.25) is 5.15 Å². The van der Waals surface area contributed by atoms with Crippen LogP contribution in [0.1, 0.15) is 33.5 Å². The molecule has 0 atom stereocenters. The van der Waals surface area contributed by atoms with Gasteiger partial charge in [-0.1, -0.05) is 11.6 Å². The predicted molar refractivity (Wildman–Crippen MR) is 92.9 cm³/mol. The van der Waals surface area contributed by atoms with Crippen molar-refractivity contribution in [3.8, 4) is 0 Å². The van der Waals surface area contributed by atoms with Gasteiger partial charge in [-0.3, -0.25) is 0 Å². The van der Waals surface area contributed by atoms with E-state index in [2.05, 4.69) is 4.98 Å². The molecule has 0 spiro atoms. The van der Waals surface area contributed by atoms with Gasteiger partial charge >= 0.3 is 11.6 Å². The molecular formula is C19H14ClNO4. The van der Waals surface area contributed by atoms with E-state index >= 15 is 0 Å². The summed E-state index contributed by atoms with van der Waals surface area (Å²) >= 11 is 5.91. The third kappa shape index (κ3) is 3.03. The SMILES string of the molecule is O=C(OCc1cc(=O)oc2cc3c(cc12)CCC3)c1cccnc1Cl. The number of aryl methyl sites for hydroxylation is 2. The highest BCUT2D eigenvalue weighted by molar-refractivity contribution is 6.32. The molecule has 0 unspecified atom stereocenters. The Morgan fingerprint density at radius 3 is 2.84 bits per heavy atom. The minimum atomic E-state index is -0.583. The van der Waals surface area contributed by atoms with Crippen LogP contribution in [0.15, 0.2) is 45.7 Å². The summed E-state index contributed by atoms with van der Waals surface area (Å²) in [5, 5.41) is 0.882. The summed E-state index contributed by atoms with van der Waals surface area (Å²) in [5.74, 6) is -0.583. The molecule has 2 heterocycles. The largest absolute Gasteiger partial charge is 0.457 e. The van der Waals surface area contributed by atoms with E-state index in [0.717, 1.165) is 24.6 Å². The van der Waals surface area contributed by atoms with Gasteiger partial charge in [-0.25, -0.2) is 14.6 Å². The fourth-order valence-corrected chi connectivity index (χ4v) is 3.37. The Bertz CT molecular complexity index is 1040. The summed E-state index contributed by atoms with van der Waals surface area (Å²) in [6.07, 6.45) is 4.60. The number of ether oxygens (including phenoxy) is 1. The van der Waals surface area contributed by atoms with Crippen molar-refractivity contribution < 1.29 is 13.9 Å². The third-order valence-corrected chi connectivity index (χ3v) is 4.68. The molecule has 6 heteroatoms. The van der Waals surface area contributed by atoms with Gasteiger partial charge in [0.2, 0.25) is 0 Å². The quantitative estimate of drug-likeness (QED) is 0.407. The van der Waals surface area contributed by atoms with Gasteiger partial charge in [0.05, 0.1) is 5.56 Å². The van der Waals surface area contributed by atoms with E-state index < -0.39 is 11.6 Å². The van der Waals surface area contributed by atoms with Crippen LogP contribution in [0.4, 0.5) is 0 Å². The highest BCUT2D eigenvalue weighted by Crippen LogP contribution is 2.29. The van der Waals surface area contributed by atoms with Gasteiger partial charge in [-0.2, -0.15) is 0 Å². The van der Waals surface area contributed by atoms with Crippen molar-refractivity contribution in [2.75, 3.05) is 0 Å². The summed E-state index contributed by atoms with van der Waals surface area (Å²) in [6, 6.07) is 8.46. The summed E-state index contributed by atoms with van der Waals surface area (Å²) < 4.78 is 10.6. The molecule has 4 rings (SSSR count). The number of rotatable bonds is 3. The van der Waals surface area contributed by atoms with E-state index in [4.69, 9.17) is 20.8 Å². The average Bonchev–Trinajstić information content (AvgIpc) is 3.05. The van der Waals surface area contributed by atoms with E-state index in [1.165, 1.54) is 23.4 Å². The zero-order chi connectivity index (χ0) is 17.4. The minimum absolute atomic E-state index is 0.0368. The Kier molecular flexibility index (Phi) is 4.01. The molecule has 0 saturated carbocycles. The van der Waals surface area contributed by atoms with Gasteiger partial charge in [-0.05, 0) is 54.7 Å². The lowest BCUT2D eigenvalue weighted by atomic mass is 10.0. The molecular weight excluding hydrogens is 342 g/mol. The van der Waals surface area contributed by atoms with Crippen LogP contribution in [0.25, 0.3) is 11.0 Å². The number of pyridine rings is 1. The molecule has 0 fully saturated rings. The Hall–Kier alpha value is -2.66. The van der Waals surface area contributed by atoms with Crippen LogP contribution < -0.4 is 5.63 Å². The van der Waals surface area contributed by atoms with Crippen LogP contribution >= 0.6 is 11.6 Å². The smallest absolute Gasteiger partial charge is 0.341 e. The highest BCUT2D eigenvalue weighted by atomic mass is 35.5. The number of halogens is 1. The van der Waals surface area contributed by atoms with Crippen molar-refractivity contribution in [2.24, 2.45) is 0 Å². The Balaban J connectivity index is 1.66. The van der Waals surface area contributed by atoms with Gasteiger partial charge < -0.3 is 9.15 Å². The predicted octanol–water partition coefficient (Wildman–Crippen LogP) is 3.69. The van der Waals surface area contributed by atoms with Crippen LogP contribution in [-0.2, 0) is 24.2 Å². The average molecular weight is 356 g/mol. The molecule has 0 bridgehead atoms. The molecule has 3 aromatic rings. The molecule has 0 amide bonds. The lowest BCUT2D eigenvalue weighted by Crippen LogP contribution is -2.09. The first-order valence-corrected chi connectivity index (χ1v) is 8.36. The maximum absolute atomic E-state index is 12.2. The lowest BCUT2D eigenvalue weighted by Gasteiger charge is -2.09. The Morgan fingerprint density at radius 1 is 1.24 bits per heavy atom. The molecule has 1 aliphatic carbocycles.